The third-order valence-electron chi connectivity index (χ3n) is 8.88. The van der Waals surface area contributed by atoms with Crippen molar-refractivity contribution in [2.45, 2.75) is 111 Å². The third-order valence-corrected chi connectivity index (χ3v) is 8.88. The van der Waals surface area contributed by atoms with Crippen molar-refractivity contribution in [2.24, 2.45) is 5.92 Å². The molecular formula is C28H52O20. The van der Waals surface area contributed by atoms with Crippen LogP contribution in [0.1, 0.15) is 6.42 Å². The number of aliphatic hydroxyl groups is 11. The van der Waals surface area contributed by atoms with Gasteiger partial charge in [0.2, 0.25) is 0 Å². The minimum absolute atomic E-state index is 0.00894. The van der Waals surface area contributed by atoms with Crippen molar-refractivity contribution in [3.63, 3.8) is 0 Å². The Kier molecular flexibility index (Phi) is 17.1. The molecule has 3 rings (SSSR count). The molecule has 3 aliphatic rings. The van der Waals surface area contributed by atoms with E-state index in [9.17, 15) is 56.2 Å². The zero-order valence-electron chi connectivity index (χ0n) is 26.9. The molecule has 0 bridgehead atoms. The highest BCUT2D eigenvalue weighted by molar-refractivity contribution is 4.97. The molecule has 48 heavy (non-hydrogen) atoms. The van der Waals surface area contributed by atoms with Gasteiger partial charge in [-0.3, -0.25) is 0 Å². The Morgan fingerprint density at radius 3 is 1.48 bits per heavy atom. The van der Waals surface area contributed by atoms with E-state index in [4.69, 9.17) is 42.6 Å². The number of rotatable bonds is 18. The van der Waals surface area contributed by atoms with E-state index in [1.165, 1.54) is 21.3 Å². The Balaban J connectivity index is 1.86. The van der Waals surface area contributed by atoms with Crippen LogP contribution in [-0.4, -0.2) is 221 Å². The van der Waals surface area contributed by atoms with Crippen LogP contribution < -0.4 is 0 Å². The Morgan fingerprint density at radius 2 is 1.02 bits per heavy atom. The van der Waals surface area contributed by atoms with Crippen LogP contribution in [0.5, 0.6) is 0 Å². The summed E-state index contributed by atoms with van der Waals surface area (Å²) in [4.78, 5) is 0. The van der Waals surface area contributed by atoms with E-state index in [0.717, 1.165) is 0 Å². The molecule has 3 fully saturated rings. The number of ether oxygens (including phenoxy) is 9. The van der Waals surface area contributed by atoms with Gasteiger partial charge in [-0.25, -0.2) is 0 Å². The van der Waals surface area contributed by atoms with E-state index in [-0.39, 0.29) is 6.42 Å². The smallest absolute Gasteiger partial charge is 0.187 e. The van der Waals surface area contributed by atoms with Crippen LogP contribution in [0.4, 0.5) is 0 Å². The fourth-order valence-corrected chi connectivity index (χ4v) is 6.03. The van der Waals surface area contributed by atoms with Crippen LogP contribution in [0.25, 0.3) is 0 Å². The first-order valence-corrected chi connectivity index (χ1v) is 15.5. The van der Waals surface area contributed by atoms with Crippen molar-refractivity contribution in [2.75, 3.05) is 61.0 Å². The molecule has 0 saturated carbocycles. The van der Waals surface area contributed by atoms with Crippen LogP contribution in [0.2, 0.25) is 0 Å². The predicted molar refractivity (Wildman–Crippen MR) is 154 cm³/mol. The highest BCUT2D eigenvalue weighted by atomic mass is 16.8. The van der Waals surface area contributed by atoms with Gasteiger partial charge in [0.25, 0.3) is 0 Å². The minimum Gasteiger partial charge on any atom is -0.396 e. The van der Waals surface area contributed by atoms with Crippen molar-refractivity contribution >= 4 is 0 Å². The van der Waals surface area contributed by atoms with E-state index in [0.29, 0.717) is 0 Å². The normalized spacial score (nSPS) is 42.8. The lowest BCUT2D eigenvalue weighted by Gasteiger charge is -2.48. The Hall–Kier alpha value is -0.800. The molecule has 20 heteroatoms. The zero-order chi connectivity index (χ0) is 35.7. The number of aliphatic hydroxyl groups excluding tert-OH is 11. The van der Waals surface area contributed by atoms with Crippen molar-refractivity contribution in [1.29, 1.82) is 0 Å². The third kappa shape index (κ3) is 9.54. The molecular weight excluding hydrogens is 656 g/mol. The maximum atomic E-state index is 11.3. The van der Waals surface area contributed by atoms with Gasteiger partial charge in [0.1, 0.15) is 73.2 Å². The summed E-state index contributed by atoms with van der Waals surface area (Å²) in [7, 11) is 3.77. The lowest BCUT2D eigenvalue weighted by Crippen LogP contribution is -2.66. The summed E-state index contributed by atoms with van der Waals surface area (Å²) in [5, 5.41) is 114. The van der Waals surface area contributed by atoms with Crippen molar-refractivity contribution in [3.8, 4) is 0 Å². The first kappa shape index (κ1) is 41.6. The zero-order valence-corrected chi connectivity index (χ0v) is 26.9. The van der Waals surface area contributed by atoms with E-state index in [1.54, 1.807) is 0 Å². The van der Waals surface area contributed by atoms with Gasteiger partial charge in [-0.1, -0.05) is 0 Å². The lowest BCUT2D eigenvalue weighted by atomic mass is 9.95. The fraction of sp³-hybridized carbons (Fsp3) is 1.00. The maximum Gasteiger partial charge on any atom is 0.187 e. The predicted octanol–water partition coefficient (Wildman–Crippen LogP) is -6.87. The molecule has 11 N–H and O–H groups in total. The monoisotopic (exact) mass is 708 g/mol. The number of hydrogen-bond donors (Lipinski definition) is 11. The van der Waals surface area contributed by atoms with Gasteiger partial charge in [0, 0.05) is 33.9 Å². The van der Waals surface area contributed by atoms with E-state index < -0.39 is 150 Å². The number of hydrogen-bond acceptors (Lipinski definition) is 20. The minimum atomic E-state index is -1.94. The maximum absolute atomic E-state index is 11.3. The highest BCUT2D eigenvalue weighted by Gasteiger charge is 2.54. The summed E-state index contributed by atoms with van der Waals surface area (Å²) in [5.74, 6) is -0.665. The Bertz CT molecular complexity index is 897. The van der Waals surface area contributed by atoms with Gasteiger partial charge in [0.05, 0.1) is 45.2 Å². The molecule has 0 aliphatic carbocycles. The lowest BCUT2D eigenvalue weighted by molar-refractivity contribution is -0.380. The molecule has 9 unspecified atom stereocenters. The van der Waals surface area contributed by atoms with Crippen molar-refractivity contribution in [1.82, 2.24) is 0 Å². The molecule has 3 saturated heterocycles. The van der Waals surface area contributed by atoms with Gasteiger partial charge in [-0.15, -0.1) is 0 Å². The second-order valence-corrected chi connectivity index (χ2v) is 11.8. The Labute approximate surface area is 276 Å². The van der Waals surface area contributed by atoms with Crippen molar-refractivity contribution < 1.29 is 98.8 Å². The quantitative estimate of drug-likeness (QED) is 0.0630. The summed E-state index contributed by atoms with van der Waals surface area (Å²) in [6, 6.07) is 0. The highest BCUT2D eigenvalue weighted by Crippen LogP contribution is 2.33. The fourth-order valence-electron chi connectivity index (χ4n) is 6.03. The van der Waals surface area contributed by atoms with Crippen LogP contribution >= 0.6 is 0 Å². The average Bonchev–Trinajstić information content (AvgIpc) is 3.09. The van der Waals surface area contributed by atoms with Gasteiger partial charge >= 0.3 is 0 Å². The second kappa shape index (κ2) is 19.7. The van der Waals surface area contributed by atoms with Gasteiger partial charge in [-0.05, 0) is 6.42 Å². The standard InChI is InChI=1S/C28H52O20/c1-40-13(7-31)11(5-29)4-12(6-30)43-10-16-25(48-27-21(38)17(34)23(41-2)14(8-32)45-27)19(36)22(39)28(46-16)47-24-15(9-33)44-26(42-3)20(37)18(24)35/h11-39H,4-10H2,1-3H3/t11?,12-,13-,14?,15?,16?,17?,18+,19?,20?,21?,22?,23+,24+,25+,26-,27+,28+/m0/s1. The van der Waals surface area contributed by atoms with Crippen LogP contribution in [0.15, 0.2) is 0 Å². The molecule has 0 aromatic heterocycles. The topological polar surface area (TPSA) is 306 Å². The molecule has 0 amide bonds. The van der Waals surface area contributed by atoms with E-state index in [1.807, 2.05) is 0 Å². The second-order valence-electron chi connectivity index (χ2n) is 11.8. The molecule has 3 heterocycles. The summed E-state index contributed by atoms with van der Waals surface area (Å²) in [6.07, 6.45) is -25.3. The average molecular weight is 709 g/mol. The van der Waals surface area contributed by atoms with Crippen molar-refractivity contribution in [3.05, 3.63) is 0 Å². The molecule has 20 nitrogen and oxygen atoms in total. The summed E-state index contributed by atoms with van der Waals surface area (Å²) < 4.78 is 49.6. The first-order chi connectivity index (χ1) is 22.9. The molecule has 3 aliphatic heterocycles. The van der Waals surface area contributed by atoms with Crippen LogP contribution in [0.3, 0.4) is 0 Å². The SMILES string of the molecule is CO[C@H]1OC(CO)[C@@H](O[C@H]2OC(CO[C@H](CO)CC(CO)[C@H](CO)OC)[C@@H](O[C@H]3OC(CO)[C@@H](OC)C(O)C3O)C(O)C2O)[C@H](O)C1O. The largest absolute Gasteiger partial charge is 0.396 e. The van der Waals surface area contributed by atoms with E-state index >= 15 is 0 Å². The number of methoxy groups -OCH3 is 3. The van der Waals surface area contributed by atoms with Gasteiger partial charge < -0.3 is 98.8 Å². The summed E-state index contributed by atoms with van der Waals surface area (Å²) >= 11 is 0. The molecule has 0 aromatic rings. The van der Waals surface area contributed by atoms with Gasteiger partial charge in [-0.2, -0.15) is 0 Å². The first-order valence-electron chi connectivity index (χ1n) is 15.5. The molecule has 0 aromatic carbocycles. The Morgan fingerprint density at radius 1 is 0.542 bits per heavy atom. The molecule has 18 atom stereocenters. The van der Waals surface area contributed by atoms with Crippen LogP contribution in [0, 0.1) is 5.92 Å². The molecule has 284 valence electrons. The van der Waals surface area contributed by atoms with E-state index in [2.05, 4.69) is 0 Å². The summed E-state index contributed by atoms with van der Waals surface area (Å²) in [6.45, 7) is -3.29. The molecule has 0 radical (unpaired) electrons. The van der Waals surface area contributed by atoms with Crippen LogP contribution in [-0.2, 0) is 42.6 Å². The molecule has 0 spiro atoms. The van der Waals surface area contributed by atoms with Gasteiger partial charge in [0.15, 0.2) is 18.9 Å². The summed E-state index contributed by atoms with van der Waals surface area (Å²) in [5.41, 5.74) is 0.